The molecule has 31 heavy (non-hydrogen) atoms. The number of nitro groups is 1. The van der Waals surface area contributed by atoms with Gasteiger partial charge in [-0.15, -0.1) is 0 Å². The summed E-state index contributed by atoms with van der Waals surface area (Å²) in [6.45, 7) is -0.416. The molecule has 3 rings (SSSR count). The molecular formula is C19H24F4N6O2. The van der Waals surface area contributed by atoms with Crippen LogP contribution in [0.5, 0.6) is 0 Å². The second-order valence-electron chi connectivity index (χ2n) is 7.95. The van der Waals surface area contributed by atoms with Crippen LogP contribution in [-0.2, 0) is 12.7 Å². The van der Waals surface area contributed by atoms with Crippen molar-refractivity contribution < 1.29 is 22.5 Å². The van der Waals surface area contributed by atoms with Crippen LogP contribution in [0.4, 0.5) is 17.6 Å². The lowest BCUT2D eigenvalue weighted by Gasteiger charge is -2.37. The van der Waals surface area contributed by atoms with Gasteiger partial charge in [-0.3, -0.25) is 15.8 Å². The minimum atomic E-state index is -4.83. The minimum absolute atomic E-state index is 0.0115. The number of hydrogen-bond acceptors (Lipinski definition) is 5. The summed E-state index contributed by atoms with van der Waals surface area (Å²) in [5.41, 5.74) is 8.79. The van der Waals surface area contributed by atoms with E-state index in [2.05, 4.69) is 15.6 Å². The number of halogens is 4. The van der Waals surface area contributed by atoms with E-state index < -0.39 is 34.7 Å². The van der Waals surface area contributed by atoms with Crippen LogP contribution < -0.4 is 22.1 Å². The van der Waals surface area contributed by atoms with Gasteiger partial charge < -0.3 is 16.4 Å². The number of benzene rings is 1. The Bertz CT molecular complexity index is 896. The maximum Gasteiger partial charge on any atom is 0.419 e. The summed E-state index contributed by atoms with van der Waals surface area (Å²) in [6, 6.07) is 3.04. The monoisotopic (exact) mass is 444 g/mol. The summed E-state index contributed by atoms with van der Waals surface area (Å²) in [7, 11) is 0. The lowest BCUT2D eigenvalue weighted by Crippen LogP contribution is -2.64. The Hall–Kier alpha value is -2.73. The molecule has 0 amide bonds. The molecule has 0 aromatic heterocycles. The van der Waals surface area contributed by atoms with Crippen LogP contribution in [0.3, 0.4) is 0 Å². The van der Waals surface area contributed by atoms with E-state index in [1.807, 2.05) is 0 Å². The average molecular weight is 444 g/mol. The fourth-order valence-corrected chi connectivity index (χ4v) is 3.97. The Balaban J connectivity index is 1.79. The number of alkyl halides is 3. The largest absolute Gasteiger partial charge is 0.419 e. The number of nitrogens with one attached hydrogen (secondary N) is 2. The molecule has 6 N–H and O–H groups in total. The van der Waals surface area contributed by atoms with Gasteiger partial charge in [-0.25, -0.2) is 9.38 Å². The van der Waals surface area contributed by atoms with Crippen LogP contribution in [0.15, 0.2) is 35.1 Å². The highest BCUT2D eigenvalue weighted by molar-refractivity contribution is 5.83. The molecule has 0 spiro atoms. The summed E-state index contributed by atoms with van der Waals surface area (Å²) in [5, 5.41) is 16.8. The number of aliphatic imine (C=N–C) groups is 1. The molecular weight excluding hydrogens is 420 g/mol. The van der Waals surface area contributed by atoms with Gasteiger partial charge in [-0.1, -0.05) is 12.1 Å². The molecule has 1 fully saturated rings. The Morgan fingerprint density at radius 2 is 1.94 bits per heavy atom. The van der Waals surface area contributed by atoms with Gasteiger partial charge >= 0.3 is 11.9 Å². The standard InChI is InChI=1S/C19H24F4N6O2/c20-16-12(2-1-3-14(16)19(21,22)23)9-26-17-27-10-15(29(30)31)18(25,28-17)8-11-4-6-13(24)7-5-11/h1-3,10-11,13H,4-9,24-25H2,(H2,26,27,28). The van der Waals surface area contributed by atoms with Gasteiger partial charge in [0.15, 0.2) is 11.6 Å². The predicted molar refractivity (Wildman–Crippen MR) is 105 cm³/mol. The molecule has 1 heterocycles. The summed E-state index contributed by atoms with van der Waals surface area (Å²) in [4.78, 5) is 14.9. The lowest BCUT2D eigenvalue weighted by molar-refractivity contribution is -0.437. The van der Waals surface area contributed by atoms with Crippen molar-refractivity contribution in [2.24, 2.45) is 22.4 Å². The molecule has 12 heteroatoms. The number of hydrogen-bond donors (Lipinski definition) is 4. The smallest absolute Gasteiger partial charge is 0.329 e. The molecule has 0 radical (unpaired) electrons. The van der Waals surface area contributed by atoms with Crippen molar-refractivity contribution in [2.45, 2.75) is 56.5 Å². The fourth-order valence-electron chi connectivity index (χ4n) is 3.97. The summed E-state index contributed by atoms with van der Waals surface area (Å²) in [5.74, 6) is -1.28. The Morgan fingerprint density at radius 3 is 2.55 bits per heavy atom. The highest BCUT2D eigenvalue weighted by atomic mass is 19.4. The molecule has 1 aromatic rings. The highest BCUT2D eigenvalue weighted by Gasteiger charge is 2.44. The molecule has 1 atom stereocenters. The second kappa shape index (κ2) is 8.79. The van der Waals surface area contributed by atoms with E-state index in [1.165, 1.54) is 6.07 Å². The highest BCUT2D eigenvalue weighted by Crippen LogP contribution is 2.33. The van der Waals surface area contributed by atoms with Crippen LogP contribution >= 0.6 is 0 Å². The third-order valence-corrected chi connectivity index (χ3v) is 5.63. The van der Waals surface area contributed by atoms with Gasteiger partial charge in [-0.2, -0.15) is 13.2 Å². The maximum absolute atomic E-state index is 14.2. The van der Waals surface area contributed by atoms with Crippen molar-refractivity contribution in [1.82, 2.24) is 10.6 Å². The van der Waals surface area contributed by atoms with E-state index in [4.69, 9.17) is 11.5 Å². The Labute approximate surface area is 175 Å². The first-order valence-corrected chi connectivity index (χ1v) is 9.83. The molecule has 0 saturated heterocycles. The third kappa shape index (κ3) is 5.31. The number of nitrogens with zero attached hydrogens (tertiary/aromatic N) is 2. The van der Waals surface area contributed by atoms with E-state index in [0.29, 0.717) is 6.07 Å². The molecule has 1 saturated carbocycles. The van der Waals surface area contributed by atoms with Crippen LogP contribution in [0.2, 0.25) is 0 Å². The van der Waals surface area contributed by atoms with E-state index in [-0.39, 0.29) is 35.6 Å². The first-order valence-electron chi connectivity index (χ1n) is 9.83. The van der Waals surface area contributed by atoms with Gasteiger partial charge in [0.1, 0.15) is 5.82 Å². The summed E-state index contributed by atoms with van der Waals surface area (Å²) < 4.78 is 52.9. The van der Waals surface area contributed by atoms with Gasteiger partial charge in [-0.05, 0) is 44.1 Å². The van der Waals surface area contributed by atoms with Crippen LogP contribution in [0.1, 0.15) is 43.2 Å². The van der Waals surface area contributed by atoms with E-state index in [0.717, 1.165) is 37.9 Å². The van der Waals surface area contributed by atoms with Gasteiger partial charge in [0.05, 0.1) is 23.2 Å². The number of nitrogens with two attached hydrogens (primary N) is 2. The first kappa shape index (κ1) is 22.9. The van der Waals surface area contributed by atoms with Crippen molar-refractivity contribution in [1.29, 1.82) is 0 Å². The molecule has 2 aliphatic rings. The molecule has 170 valence electrons. The summed E-state index contributed by atoms with van der Waals surface area (Å²) >= 11 is 0. The van der Waals surface area contributed by atoms with Gasteiger partial charge in [0.2, 0.25) is 0 Å². The second-order valence-corrected chi connectivity index (χ2v) is 7.95. The van der Waals surface area contributed by atoms with Crippen molar-refractivity contribution in [3.05, 3.63) is 57.2 Å². The molecule has 1 aliphatic carbocycles. The molecule has 1 unspecified atom stereocenters. The fraction of sp³-hybridized carbons (Fsp3) is 0.526. The molecule has 8 nitrogen and oxygen atoms in total. The van der Waals surface area contributed by atoms with Crippen molar-refractivity contribution in [3.63, 3.8) is 0 Å². The Kier molecular flexibility index (Phi) is 6.51. The normalized spacial score (nSPS) is 27.9. The maximum atomic E-state index is 14.2. The van der Waals surface area contributed by atoms with Gasteiger partial charge in [0, 0.05) is 11.6 Å². The third-order valence-electron chi connectivity index (χ3n) is 5.63. The SMILES string of the molecule is NC1CCC(CC2(N)NC(=NCc3cccc(C(F)(F)F)c3F)NC=C2[N+](=O)[O-])CC1. The van der Waals surface area contributed by atoms with Crippen molar-refractivity contribution >= 4 is 5.96 Å². The quantitative estimate of drug-likeness (QED) is 0.314. The topological polar surface area (TPSA) is 132 Å². The number of guanidine groups is 1. The first-order chi connectivity index (χ1) is 14.5. The zero-order chi connectivity index (χ0) is 22.8. The van der Waals surface area contributed by atoms with E-state index >= 15 is 0 Å². The average Bonchev–Trinajstić information content (AvgIpc) is 2.67. The summed E-state index contributed by atoms with van der Waals surface area (Å²) in [6.07, 6.45) is -0.312. The lowest BCUT2D eigenvalue weighted by atomic mass is 9.80. The minimum Gasteiger partial charge on any atom is -0.329 e. The molecule has 1 aromatic carbocycles. The molecule has 1 aliphatic heterocycles. The zero-order valence-corrected chi connectivity index (χ0v) is 16.6. The zero-order valence-electron chi connectivity index (χ0n) is 16.6. The van der Waals surface area contributed by atoms with Crippen LogP contribution in [0.25, 0.3) is 0 Å². The van der Waals surface area contributed by atoms with Crippen molar-refractivity contribution in [2.75, 3.05) is 0 Å². The predicted octanol–water partition coefficient (Wildman–Crippen LogP) is 2.57. The Morgan fingerprint density at radius 1 is 1.26 bits per heavy atom. The number of rotatable bonds is 5. The molecule has 0 bridgehead atoms. The van der Waals surface area contributed by atoms with E-state index in [1.54, 1.807) is 0 Å². The van der Waals surface area contributed by atoms with Crippen molar-refractivity contribution in [3.8, 4) is 0 Å². The van der Waals surface area contributed by atoms with Crippen LogP contribution in [-0.4, -0.2) is 22.6 Å². The van der Waals surface area contributed by atoms with E-state index in [9.17, 15) is 27.7 Å². The van der Waals surface area contributed by atoms with Gasteiger partial charge in [0.25, 0.3) is 0 Å². The van der Waals surface area contributed by atoms with Crippen LogP contribution in [0, 0.1) is 21.8 Å².